The Morgan fingerprint density at radius 1 is 1.30 bits per heavy atom. The standard InChI is InChI=1S/C14H15N3O3/c15-6-8-2-1-3-9-7-17(14(20)12(8)9)10-4-5-11(18)16-13(10)19/h1-3,10H,4-7,15H2,(H,16,18,19). The van der Waals surface area contributed by atoms with Crippen LogP contribution in [0.4, 0.5) is 0 Å². The molecule has 0 spiro atoms. The molecule has 0 saturated carbocycles. The monoisotopic (exact) mass is 273 g/mol. The van der Waals surface area contributed by atoms with Crippen molar-refractivity contribution in [3.8, 4) is 0 Å². The van der Waals surface area contributed by atoms with Gasteiger partial charge in [0.05, 0.1) is 0 Å². The van der Waals surface area contributed by atoms with Crippen LogP contribution in [0.2, 0.25) is 0 Å². The molecular formula is C14H15N3O3. The highest BCUT2D eigenvalue weighted by atomic mass is 16.2. The third-order valence-electron chi connectivity index (χ3n) is 3.86. The molecule has 20 heavy (non-hydrogen) atoms. The number of benzene rings is 1. The third-order valence-corrected chi connectivity index (χ3v) is 3.86. The van der Waals surface area contributed by atoms with E-state index in [1.165, 1.54) is 4.90 Å². The SMILES string of the molecule is NCc1cccc2c1C(=O)N(C1CCC(=O)NC1=O)C2. The second-order valence-electron chi connectivity index (χ2n) is 5.06. The lowest BCUT2D eigenvalue weighted by atomic mass is 10.0. The van der Waals surface area contributed by atoms with Crippen LogP contribution in [0.3, 0.4) is 0 Å². The molecule has 1 atom stereocenters. The lowest BCUT2D eigenvalue weighted by Crippen LogP contribution is -2.52. The molecule has 1 saturated heterocycles. The molecule has 0 radical (unpaired) electrons. The van der Waals surface area contributed by atoms with Gasteiger partial charge in [-0.3, -0.25) is 19.7 Å². The van der Waals surface area contributed by atoms with Crippen LogP contribution in [0.5, 0.6) is 0 Å². The Bertz CT molecular complexity index is 612. The average molecular weight is 273 g/mol. The number of nitrogens with one attached hydrogen (secondary N) is 1. The average Bonchev–Trinajstić information content (AvgIpc) is 2.76. The fourth-order valence-corrected chi connectivity index (χ4v) is 2.86. The van der Waals surface area contributed by atoms with Gasteiger partial charge in [0.25, 0.3) is 5.91 Å². The zero-order chi connectivity index (χ0) is 14.3. The van der Waals surface area contributed by atoms with Gasteiger partial charge in [0.2, 0.25) is 11.8 Å². The van der Waals surface area contributed by atoms with E-state index in [0.717, 1.165) is 11.1 Å². The van der Waals surface area contributed by atoms with Crippen molar-refractivity contribution < 1.29 is 14.4 Å². The van der Waals surface area contributed by atoms with E-state index in [4.69, 9.17) is 5.73 Å². The van der Waals surface area contributed by atoms with Crippen LogP contribution < -0.4 is 11.1 Å². The number of hydrogen-bond donors (Lipinski definition) is 2. The van der Waals surface area contributed by atoms with Crippen LogP contribution in [0.15, 0.2) is 18.2 Å². The minimum atomic E-state index is -0.571. The first-order valence-electron chi connectivity index (χ1n) is 6.57. The molecule has 0 aliphatic carbocycles. The van der Waals surface area contributed by atoms with Crippen LogP contribution in [-0.4, -0.2) is 28.7 Å². The molecule has 6 heteroatoms. The van der Waals surface area contributed by atoms with E-state index in [0.29, 0.717) is 18.5 Å². The number of nitrogens with two attached hydrogens (primary N) is 1. The van der Waals surface area contributed by atoms with Gasteiger partial charge in [-0.1, -0.05) is 18.2 Å². The van der Waals surface area contributed by atoms with Gasteiger partial charge < -0.3 is 10.6 Å². The number of imide groups is 1. The highest BCUT2D eigenvalue weighted by Crippen LogP contribution is 2.29. The lowest BCUT2D eigenvalue weighted by molar-refractivity contribution is -0.136. The van der Waals surface area contributed by atoms with E-state index >= 15 is 0 Å². The molecule has 2 heterocycles. The predicted octanol–water partition coefficient (Wildman–Crippen LogP) is -0.0937. The molecule has 1 unspecified atom stereocenters. The summed E-state index contributed by atoms with van der Waals surface area (Å²) >= 11 is 0. The lowest BCUT2D eigenvalue weighted by Gasteiger charge is -2.29. The van der Waals surface area contributed by atoms with Gasteiger partial charge in [-0.2, -0.15) is 0 Å². The Balaban J connectivity index is 1.90. The first kappa shape index (κ1) is 12.8. The molecule has 2 aliphatic rings. The second-order valence-corrected chi connectivity index (χ2v) is 5.06. The summed E-state index contributed by atoms with van der Waals surface area (Å²) in [5.74, 6) is -0.842. The van der Waals surface area contributed by atoms with Crippen LogP contribution >= 0.6 is 0 Å². The van der Waals surface area contributed by atoms with Crippen molar-refractivity contribution in [2.75, 3.05) is 0 Å². The fraction of sp³-hybridized carbons (Fsp3) is 0.357. The molecule has 1 aromatic rings. The Kier molecular flexibility index (Phi) is 3.02. The second kappa shape index (κ2) is 4.72. The number of piperidine rings is 1. The summed E-state index contributed by atoms with van der Waals surface area (Å²) in [6.07, 6.45) is 0.641. The van der Waals surface area contributed by atoms with Gasteiger partial charge in [0, 0.05) is 25.1 Å². The molecule has 104 valence electrons. The summed E-state index contributed by atoms with van der Waals surface area (Å²) in [5.41, 5.74) is 7.96. The molecule has 3 amide bonds. The minimum Gasteiger partial charge on any atom is -0.326 e. The minimum absolute atomic E-state index is 0.171. The number of amides is 3. The number of carbonyl (C=O) groups is 3. The summed E-state index contributed by atoms with van der Waals surface area (Å²) in [6, 6.07) is 4.99. The van der Waals surface area contributed by atoms with Gasteiger partial charge in [-0.25, -0.2) is 0 Å². The third kappa shape index (κ3) is 1.89. The van der Waals surface area contributed by atoms with Gasteiger partial charge >= 0.3 is 0 Å². The molecule has 1 fully saturated rings. The van der Waals surface area contributed by atoms with Crippen LogP contribution in [0.25, 0.3) is 0 Å². The number of rotatable bonds is 2. The predicted molar refractivity (Wildman–Crippen MR) is 70.4 cm³/mol. The van der Waals surface area contributed by atoms with Crippen molar-refractivity contribution in [1.29, 1.82) is 0 Å². The molecular weight excluding hydrogens is 258 g/mol. The maximum Gasteiger partial charge on any atom is 0.255 e. The van der Waals surface area contributed by atoms with E-state index in [9.17, 15) is 14.4 Å². The fourth-order valence-electron chi connectivity index (χ4n) is 2.86. The highest BCUT2D eigenvalue weighted by molar-refractivity contribution is 6.05. The van der Waals surface area contributed by atoms with E-state index in [2.05, 4.69) is 5.32 Å². The van der Waals surface area contributed by atoms with Crippen molar-refractivity contribution in [2.45, 2.75) is 32.0 Å². The van der Waals surface area contributed by atoms with Crippen molar-refractivity contribution in [3.05, 3.63) is 34.9 Å². The largest absolute Gasteiger partial charge is 0.326 e. The first-order chi connectivity index (χ1) is 9.61. The summed E-state index contributed by atoms with van der Waals surface area (Å²) in [7, 11) is 0. The summed E-state index contributed by atoms with van der Waals surface area (Å²) < 4.78 is 0. The van der Waals surface area contributed by atoms with Crippen LogP contribution in [0.1, 0.15) is 34.3 Å². The van der Waals surface area contributed by atoms with Crippen molar-refractivity contribution in [1.82, 2.24) is 10.2 Å². The Hall–Kier alpha value is -2.21. The Labute approximate surface area is 115 Å². The number of hydrogen-bond acceptors (Lipinski definition) is 4. The summed E-state index contributed by atoms with van der Waals surface area (Å²) in [6.45, 7) is 0.687. The van der Waals surface area contributed by atoms with Gasteiger partial charge in [-0.05, 0) is 17.5 Å². The van der Waals surface area contributed by atoms with Gasteiger partial charge in [0.15, 0.2) is 0 Å². The van der Waals surface area contributed by atoms with Crippen molar-refractivity contribution in [2.24, 2.45) is 5.73 Å². The van der Waals surface area contributed by atoms with E-state index in [1.807, 2.05) is 18.2 Å². The zero-order valence-corrected chi connectivity index (χ0v) is 10.9. The van der Waals surface area contributed by atoms with E-state index < -0.39 is 11.9 Å². The van der Waals surface area contributed by atoms with Crippen molar-refractivity contribution >= 4 is 17.7 Å². The first-order valence-corrected chi connectivity index (χ1v) is 6.57. The summed E-state index contributed by atoms with van der Waals surface area (Å²) in [5, 5.41) is 2.29. The number of fused-ring (bicyclic) bond motifs is 1. The van der Waals surface area contributed by atoms with Gasteiger partial charge in [0.1, 0.15) is 6.04 Å². The number of carbonyl (C=O) groups excluding carboxylic acids is 3. The van der Waals surface area contributed by atoms with Gasteiger partial charge in [-0.15, -0.1) is 0 Å². The van der Waals surface area contributed by atoms with Crippen LogP contribution in [-0.2, 0) is 22.7 Å². The molecule has 3 rings (SSSR count). The van der Waals surface area contributed by atoms with Crippen molar-refractivity contribution in [3.63, 3.8) is 0 Å². The molecule has 3 N–H and O–H groups in total. The van der Waals surface area contributed by atoms with E-state index in [1.54, 1.807) is 0 Å². The maximum absolute atomic E-state index is 12.5. The number of nitrogens with zero attached hydrogens (tertiary/aromatic N) is 1. The smallest absolute Gasteiger partial charge is 0.255 e. The summed E-state index contributed by atoms with van der Waals surface area (Å²) in [4.78, 5) is 37.1. The van der Waals surface area contributed by atoms with Crippen LogP contribution in [0, 0.1) is 0 Å². The normalized spacial score (nSPS) is 21.9. The quantitative estimate of drug-likeness (QED) is 0.736. The Morgan fingerprint density at radius 2 is 2.10 bits per heavy atom. The Morgan fingerprint density at radius 3 is 2.80 bits per heavy atom. The zero-order valence-electron chi connectivity index (χ0n) is 10.9. The highest BCUT2D eigenvalue weighted by Gasteiger charge is 2.39. The maximum atomic E-state index is 12.5. The molecule has 2 aliphatic heterocycles. The molecule has 1 aromatic carbocycles. The molecule has 0 bridgehead atoms. The topological polar surface area (TPSA) is 92.5 Å². The molecule has 0 aromatic heterocycles. The van der Waals surface area contributed by atoms with E-state index in [-0.39, 0.29) is 24.8 Å². The molecule has 6 nitrogen and oxygen atoms in total.